The molecule has 8 nitrogen and oxygen atoms in total. The maximum Gasteiger partial charge on any atom is 0.336 e. The number of phenols is 1. The van der Waals surface area contributed by atoms with E-state index >= 15 is 0 Å². The van der Waals surface area contributed by atoms with Gasteiger partial charge in [-0.1, -0.05) is 0 Å². The molecule has 30 heavy (non-hydrogen) atoms. The fraction of sp³-hybridized carbons (Fsp3) is 0.273. The predicted molar refractivity (Wildman–Crippen MR) is 108 cm³/mol. The molecule has 0 aliphatic heterocycles. The van der Waals surface area contributed by atoms with Crippen molar-refractivity contribution >= 4 is 16.9 Å². The number of aryl methyl sites for hydroxylation is 1. The largest absolute Gasteiger partial charge is 0.508 e. The van der Waals surface area contributed by atoms with Crippen LogP contribution in [0.1, 0.15) is 17.5 Å². The van der Waals surface area contributed by atoms with Gasteiger partial charge in [-0.05, 0) is 36.2 Å². The van der Waals surface area contributed by atoms with E-state index < -0.39 is 11.6 Å². The van der Waals surface area contributed by atoms with E-state index in [1.54, 1.807) is 18.2 Å². The molecule has 0 fully saturated rings. The van der Waals surface area contributed by atoms with E-state index in [0.717, 1.165) is 5.56 Å². The Bertz CT molecular complexity index is 1090. The first-order valence-electron chi connectivity index (χ1n) is 9.15. The van der Waals surface area contributed by atoms with Crippen molar-refractivity contribution in [2.24, 2.45) is 0 Å². The molecule has 3 rings (SSSR count). The van der Waals surface area contributed by atoms with Crippen LogP contribution in [-0.4, -0.2) is 32.4 Å². The van der Waals surface area contributed by atoms with Crippen molar-refractivity contribution in [1.29, 1.82) is 0 Å². The van der Waals surface area contributed by atoms with E-state index in [4.69, 9.17) is 23.4 Å². The molecule has 0 radical (unpaired) electrons. The molecule has 0 aliphatic rings. The molecule has 8 heteroatoms. The van der Waals surface area contributed by atoms with Crippen molar-refractivity contribution in [1.82, 2.24) is 0 Å². The number of aromatic hydroxyl groups is 1. The van der Waals surface area contributed by atoms with Gasteiger partial charge in [0.25, 0.3) is 0 Å². The Kier molecular flexibility index (Phi) is 6.46. The van der Waals surface area contributed by atoms with Crippen LogP contribution in [0.15, 0.2) is 45.6 Å². The first-order valence-corrected chi connectivity index (χ1v) is 9.15. The Labute approximate surface area is 172 Å². The second-order valence-electron chi connectivity index (χ2n) is 6.47. The maximum atomic E-state index is 12.2. The Morgan fingerprint density at radius 2 is 1.70 bits per heavy atom. The normalized spacial score (nSPS) is 10.6. The van der Waals surface area contributed by atoms with Crippen LogP contribution in [0.3, 0.4) is 0 Å². The van der Waals surface area contributed by atoms with Gasteiger partial charge < -0.3 is 28.5 Å². The fourth-order valence-electron chi connectivity index (χ4n) is 3.09. The number of methoxy groups -OCH3 is 3. The lowest BCUT2D eigenvalue weighted by Gasteiger charge is -2.14. The molecule has 0 aliphatic carbocycles. The number of hydrogen-bond acceptors (Lipinski definition) is 8. The lowest BCUT2D eigenvalue weighted by atomic mass is 10.1. The number of esters is 1. The molecule has 0 saturated heterocycles. The third-order valence-corrected chi connectivity index (χ3v) is 4.54. The zero-order valence-electron chi connectivity index (χ0n) is 16.9. The molecular formula is C22H22O8. The number of ether oxygens (including phenoxy) is 4. The van der Waals surface area contributed by atoms with Crippen molar-refractivity contribution in [3.8, 4) is 23.0 Å². The summed E-state index contributed by atoms with van der Waals surface area (Å²) in [6.45, 7) is -0.0824. The molecule has 0 amide bonds. The topological polar surface area (TPSA) is 104 Å². The predicted octanol–water partition coefficient (Wildman–Crippen LogP) is 3.20. The first-order chi connectivity index (χ1) is 14.4. The van der Waals surface area contributed by atoms with Crippen molar-refractivity contribution in [3.63, 3.8) is 0 Å². The Morgan fingerprint density at radius 1 is 1.00 bits per heavy atom. The highest BCUT2D eigenvalue weighted by atomic mass is 16.5. The zero-order valence-corrected chi connectivity index (χ0v) is 16.9. The number of benzene rings is 2. The summed E-state index contributed by atoms with van der Waals surface area (Å²) in [5, 5.41) is 10.1. The minimum Gasteiger partial charge on any atom is -0.508 e. The SMILES string of the molecule is COc1cc(CCC(=O)OCc2cc(=O)oc3cc(O)ccc23)cc(OC)c1OC. The Balaban J connectivity index is 1.68. The van der Waals surface area contributed by atoms with Gasteiger partial charge >= 0.3 is 11.6 Å². The summed E-state index contributed by atoms with van der Waals surface area (Å²) in [4.78, 5) is 24.0. The van der Waals surface area contributed by atoms with Gasteiger partial charge in [-0.3, -0.25) is 4.79 Å². The Hall–Kier alpha value is -3.68. The second kappa shape index (κ2) is 9.21. The summed E-state index contributed by atoms with van der Waals surface area (Å²) in [5.74, 6) is 1.04. The van der Waals surface area contributed by atoms with Crippen molar-refractivity contribution in [2.45, 2.75) is 19.4 Å². The van der Waals surface area contributed by atoms with Gasteiger partial charge in [-0.15, -0.1) is 0 Å². The molecule has 3 aromatic rings. The van der Waals surface area contributed by atoms with Crippen LogP contribution in [0.4, 0.5) is 0 Å². The molecule has 158 valence electrons. The van der Waals surface area contributed by atoms with E-state index in [1.165, 1.54) is 39.5 Å². The number of fused-ring (bicyclic) bond motifs is 1. The molecule has 1 aromatic heterocycles. The van der Waals surface area contributed by atoms with Crippen LogP contribution >= 0.6 is 0 Å². The highest BCUT2D eigenvalue weighted by Crippen LogP contribution is 2.38. The van der Waals surface area contributed by atoms with E-state index in [9.17, 15) is 14.7 Å². The molecule has 0 unspecified atom stereocenters. The average Bonchev–Trinajstić information content (AvgIpc) is 2.74. The van der Waals surface area contributed by atoms with Gasteiger partial charge in [0.2, 0.25) is 5.75 Å². The molecule has 0 atom stereocenters. The van der Waals surface area contributed by atoms with Gasteiger partial charge in [0, 0.05) is 29.5 Å². The molecule has 0 spiro atoms. The van der Waals surface area contributed by atoms with Gasteiger partial charge in [0.1, 0.15) is 17.9 Å². The molecule has 0 bridgehead atoms. The van der Waals surface area contributed by atoms with Gasteiger partial charge in [0.05, 0.1) is 21.3 Å². The van der Waals surface area contributed by atoms with Crippen LogP contribution < -0.4 is 19.8 Å². The lowest BCUT2D eigenvalue weighted by molar-refractivity contribution is -0.144. The number of rotatable bonds is 8. The molecule has 2 aromatic carbocycles. The van der Waals surface area contributed by atoms with E-state index in [-0.39, 0.29) is 24.4 Å². The van der Waals surface area contributed by atoms with Crippen LogP contribution in [0.25, 0.3) is 11.0 Å². The number of carbonyl (C=O) groups excluding carboxylic acids is 1. The van der Waals surface area contributed by atoms with E-state index in [0.29, 0.717) is 34.6 Å². The molecule has 0 saturated carbocycles. The van der Waals surface area contributed by atoms with Gasteiger partial charge in [-0.2, -0.15) is 0 Å². The molecule has 1 heterocycles. The highest BCUT2D eigenvalue weighted by Gasteiger charge is 2.15. The monoisotopic (exact) mass is 414 g/mol. The minimum absolute atomic E-state index is 0.0230. The van der Waals surface area contributed by atoms with Gasteiger partial charge in [0.15, 0.2) is 11.5 Å². The van der Waals surface area contributed by atoms with Crippen molar-refractivity contribution < 1.29 is 33.3 Å². The summed E-state index contributed by atoms with van der Waals surface area (Å²) in [5.41, 5.74) is 0.965. The van der Waals surface area contributed by atoms with Crippen LogP contribution in [0, 0.1) is 0 Å². The quantitative estimate of drug-likeness (QED) is 0.443. The van der Waals surface area contributed by atoms with Crippen LogP contribution in [0.5, 0.6) is 23.0 Å². The minimum atomic E-state index is -0.587. The zero-order chi connectivity index (χ0) is 21.7. The van der Waals surface area contributed by atoms with Gasteiger partial charge in [-0.25, -0.2) is 4.79 Å². The van der Waals surface area contributed by atoms with Crippen LogP contribution in [-0.2, 0) is 22.6 Å². The third kappa shape index (κ3) is 4.65. The molecule has 1 N–H and O–H groups in total. The third-order valence-electron chi connectivity index (χ3n) is 4.54. The number of phenolic OH excluding ortho intramolecular Hbond substituents is 1. The standard InChI is InChI=1S/C22H22O8/c1-26-18-8-13(9-19(27-2)22(18)28-3)4-7-20(24)29-12-14-10-21(25)30-17-11-15(23)5-6-16(14)17/h5-6,8-11,23H,4,7,12H2,1-3H3. The van der Waals surface area contributed by atoms with Crippen LogP contribution in [0.2, 0.25) is 0 Å². The maximum absolute atomic E-state index is 12.2. The van der Waals surface area contributed by atoms with E-state index in [1.807, 2.05) is 0 Å². The Morgan fingerprint density at radius 3 is 2.33 bits per heavy atom. The average molecular weight is 414 g/mol. The summed E-state index contributed by atoms with van der Waals surface area (Å²) in [6, 6.07) is 9.23. The fourth-order valence-corrected chi connectivity index (χ4v) is 3.09. The number of hydrogen-bond donors (Lipinski definition) is 1. The summed E-state index contributed by atoms with van der Waals surface area (Å²) in [6.07, 6.45) is 0.528. The smallest absolute Gasteiger partial charge is 0.336 e. The molecular weight excluding hydrogens is 392 g/mol. The number of carbonyl (C=O) groups is 1. The van der Waals surface area contributed by atoms with Crippen molar-refractivity contribution in [2.75, 3.05) is 21.3 Å². The lowest BCUT2D eigenvalue weighted by Crippen LogP contribution is -2.08. The summed E-state index contributed by atoms with van der Waals surface area (Å²) >= 11 is 0. The second-order valence-corrected chi connectivity index (χ2v) is 6.47. The van der Waals surface area contributed by atoms with Crippen molar-refractivity contribution in [3.05, 3.63) is 57.9 Å². The summed E-state index contributed by atoms with van der Waals surface area (Å²) in [7, 11) is 4.57. The van der Waals surface area contributed by atoms with E-state index in [2.05, 4.69) is 0 Å². The highest BCUT2D eigenvalue weighted by molar-refractivity contribution is 5.81. The first kappa shape index (κ1) is 21.0. The summed E-state index contributed by atoms with van der Waals surface area (Å²) < 4.78 is 26.3.